The van der Waals surface area contributed by atoms with Crippen molar-refractivity contribution < 1.29 is 4.79 Å². The van der Waals surface area contributed by atoms with Crippen LogP contribution in [0.1, 0.15) is 48.5 Å². The van der Waals surface area contributed by atoms with E-state index < -0.39 is 0 Å². The molecule has 0 saturated carbocycles. The molecule has 0 saturated heterocycles. The van der Waals surface area contributed by atoms with E-state index in [2.05, 4.69) is 28.8 Å². The molecule has 4 heteroatoms. The maximum atomic E-state index is 12.1. The maximum Gasteiger partial charge on any atom is 0.269 e. The van der Waals surface area contributed by atoms with Crippen LogP contribution in [0.3, 0.4) is 0 Å². The first-order chi connectivity index (χ1) is 11.3. The van der Waals surface area contributed by atoms with Gasteiger partial charge in [0, 0.05) is 18.0 Å². The number of carbonyl (C=O) groups excluding carboxylic acids is 1. The van der Waals surface area contributed by atoms with Crippen LogP contribution in [-0.4, -0.2) is 10.9 Å². The second kappa shape index (κ2) is 9.41. The Labute approximate surface area is 137 Å². The number of unbranched alkanes of at least 4 members (excludes halogenated alkanes) is 3. The minimum absolute atomic E-state index is 0.178. The Morgan fingerprint density at radius 3 is 2.43 bits per heavy atom. The van der Waals surface area contributed by atoms with Crippen LogP contribution in [0.15, 0.2) is 60.9 Å². The van der Waals surface area contributed by atoms with E-state index in [9.17, 15) is 4.79 Å². The fourth-order valence-corrected chi connectivity index (χ4v) is 2.20. The number of pyridine rings is 1. The molecule has 1 aromatic carbocycles. The van der Waals surface area contributed by atoms with Crippen LogP contribution in [0.2, 0.25) is 0 Å². The van der Waals surface area contributed by atoms with Gasteiger partial charge in [-0.1, -0.05) is 56.2 Å². The Kier molecular flexibility index (Phi) is 6.85. The summed E-state index contributed by atoms with van der Waals surface area (Å²) in [6, 6.07) is 13.4. The van der Waals surface area contributed by atoms with Crippen LogP contribution in [0.4, 0.5) is 0 Å². The second-order valence-corrected chi connectivity index (χ2v) is 5.29. The van der Waals surface area contributed by atoms with Crippen molar-refractivity contribution in [3.8, 4) is 0 Å². The number of aromatic nitrogens is 1. The average molecular weight is 309 g/mol. The lowest BCUT2D eigenvalue weighted by Crippen LogP contribution is -2.36. The lowest BCUT2D eigenvalue weighted by atomic mass is 10.1. The Morgan fingerprint density at radius 2 is 1.74 bits per heavy atom. The summed E-state index contributed by atoms with van der Waals surface area (Å²) in [4.78, 5) is 16.0. The zero-order chi connectivity index (χ0) is 16.3. The number of nitrogens with zero attached hydrogens (tertiary/aromatic N) is 1. The SMILES string of the molecule is CCCCC/C=C(\NNC(=O)c1ccncc1)c1ccccc1. The number of hydrogen-bond donors (Lipinski definition) is 2. The average Bonchev–Trinajstić information content (AvgIpc) is 2.62. The minimum Gasteiger partial charge on any atom is -0.298 e. The van der Waals surface area contributed by atoms with Crippen molar-refractivity contribution in [1.29, 1.82) is 0 Å². The molecule has 0 aliphatic rings. The van der Waals surface area contributed by atoms with E-state index in [1.54, 1.807) is 24.5 Å². The summed E-state index contributed by atoms with van der Waals surface area (Å²) in [7, 11) is 0. The minimum atomic E-state index is -0.178. The van der Waals surface area contributed by atoms with E-state index in [4.69, 9.17) is 0 Å². The van der Waals surface area contributed by atoms with Gasteiger partial charge in [0.25, 0.3) is 5.91 Å². The van der Waals surface area contributed by atoms with Crippen molar-refractivity contribution in [2.24, 2.45) is 0 Å². The lowest BCUT2D eigenvalue weighted by molar-refractivity contribution is 0.0942. The van der Waals surface area contributed by atoms with Gasteiger partial charge in [0.05, 0.1) is 5.70 Å². The number of amides is 1. The third-order valence-electron chi connectivity index (χ3n) is 3.49. The Hall–Kier alpha value is -2.62. The number of hydrazine groups is 1. The number of rotatable bonds is 8. The van der Waals surface area contributed by atoms with Gasteiger partial charge in [0.2, 0.25) is 0 Å². The topological polar surface area (TPSA) is 54.0 Å². The number of benzene rings is 1. The third-order valence-corrected chi connectivity index (χ3v) is 3.49. The summed E-state index contributed by atoms with van der Waals surface area (Å²) in [6.07, 6.45) is 9.88. The largest absolute Gasteiger partial charge is 0.298 e. The standard InChI is InChI=1S/C19H23N3O/c1-2-3-4-8-11-18(16-9-6-5-7-10-16)21-22-19(23)17-12-14-20-15-13-17/h5-7,9-15,21H,2-4,8H2,1H3,(H,22,23)/b18-11-. The van der Waals surface area contributed by atoms with Crippen LogP contribution < -0.4 is 10.9 Å². The van der Waals surface area contributed by atoms with Gasteiger partial charge in [-0.3, -0.25) is 20.6 Å². The summed E-state index contributed by atoms with van der Waals surface area (Å²) in [6.45, 7) is 2.19. The third kappa shape index (κ3) is 5.58. The monoisotopic (exact) mass is 309 g/mol. The van der Waals surface area contributed by atoms with Gasteiger partial charge in [-0.25, -0.2) is 0 Å². The highest BCUT2D eigenvalue weighted by Crippen LogP contribution is 2.13. The molecule has 1 heterocycles. The van der Waals surface area contributed by atoms with E-state index in [0.29, 0.717) is 5.56 Å². The van der Waals surface area contributed by atoms with Crippen molar-refractivity contribution in [1.82, 2.24) is 15.8 Å². The molecule has 0 bridgehead atoms. The molecule has 4 nitrogen and oxygen atoms in total. The van der Waals surface area contributed by atoms with Crippen LogP contribution in [0, 0.1) is 0 Å². The molecule has 0 aliphatic heterocycles. The molecule has 0 spiro atoms. The lowest BCUT2D eigenvalue weighted by Gasteiger charge is -2.13. The molecule has 0 radical (unpaired) electrons. The first-order valence-electron chi connectivity index (χ1n) is 8.03. The molecule has 0 unspecified atom stereocenters. The number of carbonyl (C=O) groups is 1. The van der Waals surface area contributed by atoms with Gasteiger partial charge in [0.15, 0.2) is 0 Å². The van der Waals surface area contributed by atoms with Gasteiger partial charge >= 0.3 is 0 Å². The maximum absolute atomic E-state index is 12.1. The van der Waals surface area contributed by atoms with Gasteiger partial charge in [-0.15, -0.1) is 0 Å². The summed E-state index contributed by atoms with van der Waals surface area (Å²) in [5.74, 6) is -0.178. The van der Waals surface area contributed by atoms with E-state index in [-0.39, 0.29) is 5.91 Å². The Morgan fingerprint density at radius 1 is 1.00 bits per heavy atom. The van der Waals surface area contributed by atoms with Crippen molar-refractivity contribution in [2.45, 2.75) is 32.6 Å². The normalized spacial score (nSPS) is 11.1. The van der Waals surface area contributed by atoms with Crippen LogP contribution in [0.25, 0.3) is 5.70 Å². The number of allylic oxidation sites excluding steroid dienone is 1. The summed E-state index contributed by atoms with van der Waals surface area (Å²) >= 11 is 0. The fourth-order valence-electron chi connectivity index (χ4n) is 2.20. The van der Waals surface area contributed by atoms with Crippen molar-refractivity contribution in [3.63, 3.8) is 0 Å². The van der Waals surface area contributed by atoms with Gasteiger partial charge in [0.1, 0.15) is 0 Å². The molecule has 0 aliphatic carbocycles. The van der Waals surface area contributed by atoms with E-state index in [1.165, 1.54) is 12.8 Å². The van der Waals surface area contributed by atoms with Crippen molar-refractivity contribution in [2.75, 3.05) is 0 Å². The molecular weight excluding hydrogens is 286 g/mol. The predicted molar refractivity (Wildman–Crippen MR) is 93.4 cm³/mol. The molecule has 23 heavy (non-hydrogen) atoms. The van der Waals surface area contributed by atoms with Crippen molar-refractivity contribution in [3.05, 3.63) is 72.1 Å². The highest BCUT2D eigenvalue weighted by molar-refractivity contribution is 5.94. The first kappa shape index (κ1) is 16.7. The quantitative estimate of drug-likeness (QED) is 0.573. The van der Waals surface area contributed by atoms with E-state index >= 15 is 0 Å². The zero-order valence-electron chi connectivity index (χ0n) is 13.5. The van der Waals surface area contributed by atoms with E-state index in [1.807, 2.05) is 30.3 Å². The molecule has 1 amide bonds. The van der Waals surface area contributed by atoms with Crippen molar-refractivity contribution >= 4 is 11.6 Å². The van der Waals surface area contributed by atoms with Crippen LogP contribution >= 0.6 is 0 Å². The molecule has 2 N–H and O–H groups in total. The molecule has 2 rings (SSSR count). The highest BCUT2D eigenvalue weighted by Gasteiger charge is 2.06. The van der Waals surface area contributed by atoms with Gasteiger partial charge in [-0.2, -0.15) is 0 Å². The molecular formula is C19H23N3O. The summed E-state index contributed by atoms with van der Waals surface area (Å²) < 4.78 is 0. The van der Waals surface area contributed by atoms with Gasteiger partial charge < -0.3 is 0 Å². The summed E-state index contributed by atoms with van der Waals surface area (Å²) in [5, 5.41) is 0. The molecule has 120 valence electrons. The highest BCUT2D eigenvalue weighted by atomic mass is 16.2. The Bertz CT molecular complexity index is 624. The zero-order valence-corrected chi connectivity index (χ0v) is 13.5. The molecule has 1 aromatic heterocycles. The summed E-state index contributed by atoms with van der Waals surface area (Å²) in [5.41, 5.74) is 8.36. The van der Waals surface area contributed by atoms with Gasteiger partial charge in [-0.05, 0) is 30.5 Å². The molecule has 0 atom stereocenters. The smallest absolute Gasteiger partial charge is 0.269 e. The molecule has 0 fully saturated rings. The Balaban J connectivity index is 2.01. The van der Waals surface area contributed by atoms with Crippen LogP contribution in [0.5, 0.6) is 0 Å². The van der Waals surface area contributed by atoms with Crippen LogP contribution in [-0.2, 0) is 0 Å². The first-order valence-corrected chi connectivity index (χ1v) is 8.03. The fraction of sp³-hybridized carbons (Fsp3) is 0.263. The number of hydrogen-bond acceptors (Lipinski definition) is 3. The molecule has 2 aromatic rings. The van der Waals surface area contributed by atoms with E-state index in [0.717, 1.165) is 24.1 Å². The second-order valence-electron chi connectivity index (χ2n) is 5.29. The predicted octanol–water partition coefficient (Wildman–Crippen LogP) is 3.94. The number of nitrogens with one attached hydrogen (secondary N) is 2.